The van der Waals surface area contributed by atoms with E-state index in [1.54, 1.807) is 5.57 Å². The third kappa shape index (κ3) is 3.26. The predicted octanol–water partition coefficient (Wildman–Crippen LogP) is -0.898. The zero-order chi connectivity index (χ0) is 12.8. The number of fused-ring (bicyclic) bond motifs is 1. The maximum atomic E-state index is 2.56. The minimum absolute atomic E-state index is 0. The van der Waals surface area contributed by atoms with E-state index in [2.05, 4.69) is 63.3 Å². The summed E-state index contributed by atoms with van der Waals surface area (Å²) in [5.74, 6) is 1.73. The second kappa shape index (κ2) is 6.68. The molecule has 3 aliphatic carbocycles. The zero-order valence-corrected chi connectivity index (χ0v) is 16.3. The fourth-order valence-corrected chi connectivity index (χ4v) is 9.91. The summed E-state index contributed by atoms with van der Waals surface area (Å²) in [6.07, 6.45) is 19.2. The van der Waals surface area contributed by atoms with Gasteiger partial charge in [0.25, 0.3) is 0 Å². The van der Waals surface area contributed by atoms with Gasteiger partial charge in [0, 0.05) is 0 Å². The third-order valence-electron chi connectivity index (χ3n) is 4.80. The molecule has 3 heteroatoms. The van der Waals surface area contributed by atoms with E-state index in [1.165, 1.54) is 12.8 Å². The Balaban J connectivity index is 0.000001000. The SMILES string of the molecule is CC1C[C](C)([Zr+2][C]2(C)C=CC=C2)C2=CC=CCC21.[Cl-].[Cl-]. The largest absolute Gasteiger partial charge is 1.00 e. The van der Waals surface area contributed by atoms with E-state index in [1.807, 2.05) is 0 Å². The molecule has 0 aromatic heterocycles. The van der Waals surface area contributed by atoms with Crippen molar-refractivity contribution in [2.24, 2.45) is 11.8 Å². The van der Waals surface area contributed by atoms with Gasteiger partial charge in [-0.25, -0.2) is 0 Å². The van der Waals surface area contributed by atoms with Crippen molar-refractivity contribution in [2.45, 2.75) is 39.9 Å². The predicted molar refractivity (Wildman–Crippen MR) is 74.1 cm³/mol. The molecule has 108 valence electrons. The molecule has 0 nitrogen and oxygen atoms in total. The molecule has 0 amide bonds. The molecule has 0 saturated heterocycles. The van der Waals surface area contributed by atoms with Crippen molar-refractivity contribution in [1.82, 2.24) is 0 Å². The topological polar surface area (TPSA) is 0 Å². The van der Waals surface area contributed by atoms with Gasteiger partial charge >= 0.3 is 123 Å². The van der Waals surface area contributed by atoms with Gasteiger partial charge in [-0.2, -0.15) is 0 Å². The van der Waals surface area contributed by atoms with Gasteiger partial charge in [0.2, 0.25) is 0 Å². The van der Waals surface area contributed by atoms with Crippen molar-refractivity contribution < 1.29 is 48.0 Å². The first-order valence-electron chi connectivity index (χ1n) is 7.06. The molecule has 0 aliphatic heterocycles. The fraction of sp³-hybridized carbons (Fsp3) is 0.529. The van der Waals surface area contributed by atoms with Crippen LogP contribution < -0.4 is 24.8 Å². The van der Waals surface area contributed by atoms with E-state index in [0.29, 0.717) is 6.25 Å². The molecule has 0 heterocycles. The van der Waals surface area contributed by atoms with Crippen LogP contribution in [-0.4, -0.2) is 0 Å². The maximum Gasteiger partial charge on any atom is -1.00 e. The summed E-state index contributed by atoms with van der Waals surface area (Å²) in [4.78, 5) is 0. The Morgan fingerprint density at radius 2 is 1.75 bits per heavy atom. The van der Waals surface area contributed by atoms with Crippen LogP contribution in [0.4, 0.5) is 0 Å². The van der Waals surface area contributed by atoms with Gasteiger partial charge in [0.05, 0.1) is 0 Å². The number of hydrogen-bond acceptors (Lipinski definition) is 0. The molecule has 0 spiro atoms. The Kier molecular flexibility index (Phi) is 6.17. The van der Waals surface area contributed by atoms with Crippen LogP contribution in [0.3, 0.4) is 0 Å². The molecule has 0 aromatic rings. The first kappa shape index (κ1) is 18.5. The molecule has 0 aromatic carbocycles. The van der Waals surface area contributed by atoms with E-state index in [-0.39, 0.29) is 24.8 Å². The van der Waals surface area contributed by atoms with Gasteiger partial charge in [-0.05, 0) is 0 Å². The Bertz CT molecular complexity index is 463. The third-order valence-corrected chi connectivity index (χ3v) is 9.51. The van der Waals surface area contributed by atoms with Crippen LogP contribution in [-0.2, 0) is 23.2 Å². The molecular formula is C17H22Cl2Zr. The zero-order valence-electron chi connectivity index (χ0n) is 12.4. The molecule has 3 unspecified atom stereocenters. The average Bonchev–Trinajstić information content (AvgIpc) is 2.84. The summed E-state index contributed by atoms with van der Waals surface area (Å²) < 4.78 is 1.00. The summed E-state index contributed by atoms with van der Waals surface area (Å²) in [6, 6.07) is 0. The van der Waals surface area contributed by atoms with E-state index in [4.69, 9.17) is 0 Å². The van der Waals surface area contributed by atoms with Crippen LogP contribution in [0.5, 0.6) is 0 Å². The Hall–Kier alpha value is 0.423. The van der Waals surface area contributed by atoms with Gasteiger partial charge in [0.1, 0.15) is 0 Å². The molecule has 0 bridgehead atoms. The molecule has 0 N–H and O–H groups in total. The van der Waals surface area contributed by atoms with Gasteiger partial charge < -0.3 is 24.8 Å². The van der Waals surface area contributed by atoms with Crippen molar-refractivity contribution in [3.8, 4) is 0 Å². The van der Waals surface area contributed by atoms with Crippen LogP contribution in [0.1, 0.15) is 33.6 Å². The van der Waals surface area contributed by atoms with Crippen molar-refractivity contribution >= 4 is 0 Å². The standard InChI is InChI=1S/C11H15.C6H7.2ClH.Zr/c1-8-7-9(2)11-6-4-3-5-10(8)11;1-6-4-2-3-5-6;;;/h3-5,9,11H,6-7H2,1-2H3;2-5H,1H3;2*1H;/q;;;;+2/p-2. The number of allylic oxidation sites excluding steroid dienone is 8. The molecule has 3 rings (SSSR count). The molecule has 3 aliphatic rings. The summed E-state index contributed by atoms with van der Waals surface area (Å²) in [6.45, 7) is 7.47. The fourth-order valence-electron chi connectivity index (χ4n) is 4.05. The van der Waals surface area contributed by atoms with Crippen molar-refractivity contribution in [2.75, 3.05) is 0 Å². The molecule has 20 heavy (non-hydrogen) atoms. The summed E-state index contributed by atoms with van der Waals surface area (Å²) in [5, 5.41) is 0. The van der Waals surface area contributed by atoms with E-state index in [9.17, 15) is 0 Å². The van der Waals surface area contributed by atoms with Crippen molar-refractivity contribution in [1.29, 1.82) is 0 Å². The normalized spacial score (nSPS) is 35.6. The number of hydrogen-bond donors (Lipinski definition) is 0. The van der Waals surface area contributed by atoms with Crippen LogP contribution >= 0.6 is 0 Å². The minimum Gasteiger partial charge on any atom is -1.00 e. The monoisotopic (exact) mass is 386 g/mol. The van der Waals surface area contributed by atoms with Gasteiger partial charge in [-0.15, -0.1) is 0 Å². The Morgan fingerprint density at radius 3 is 2.40 bits per heavy atom. The van der Waals surface area contributed by atoms with Gasteiger partial charge in [-0.1, -0.05) is 0 Å². The minimum atomic E-state index is -0.529. The second-order valence-electron chi connectivity index (χ2n) is 6.53. The molecule has 1 fully saturated rings. The molecule has 0 radical (unpaired) electrons. The quantitative estimate of drug-likeness (QED) is 0.576. The van der Waals surface area contributed by atoms with Gasteiger partial charge in [-0.3, -0.25) is 0 Å². The van der Waals surface area contributed by atoms with Crippen molar-refractivity contribution in [3.63, 3.8) is 0 Å². The van der Waals surface area contributed by atoms with Crippen LogP contribution in [0, 0.1) is 11.8 Å². The molecule has 3 atom stereocenters. The van der Waals surface area contributed by atoms with Crippen LogP contribution in [0.2, 0.25) is 6.25 Å². The summed E-state index contributed by atoms with van der Waals surface area (Å²) >= 11 is -0.529. The smallest absolute Gasteiger partial charge is 1.00 e. The van der Waals surface area contributed by atoms with Crippen molar-refractivity contribution in [3.05, 3.63) is 48.1 Å². The average molecular weight is 388 g/mol. The number of halogens is 2. The van der Waals surface area contributed by atoms with E-state index in [0.717, 1.165) is 11.8 Å². The Labute approximate surface area is 147 Å². The van der Waals surface area contributed by atoms with Crippen LogP contribution in [0.25, 0.3) is 0 Å². The summed E-state index contributed by atoms with van der Waals surface area (Å²) in [7, 11) is 0. The summed E-state index contributed by atoms with van der Waals surface area (Å²) in [5.41, 5.74) is 1.79. The number of rotatable bonds is 2. The second-order valence-corrected chi connectivity index (χ2v) is 12.5. The van der Waals surface area contributed by atoms with E-state index < -0.39 is 23.2 Å². The first-order valence-corrected chi connectivity index (χ1v) is 9.52. The van der Waals surface area contributed by atoms with E-state index >= 15 is 0 Å². The van der Waals surface area contributed by atoms with Crippen LogP contribution in [0.15, 0.2) is 48.1 Å². The Morgan fingerprint density at radius 1 is 1.10 bits per heavy atom. The molecule has 1 saturated carbocycles. The first-order chi connectivity index (χ1) is 8.53. The van der Waals surface area contributed by atoms with Gasteiger partial charge in [0.15, 0.2) is 0 Å². The molecular weight excluding hydrogens is 366 g/mol. The maximum absolute atomic E-state index is 2.56.